The predicted molar refractivity (Wildman–Crippen MR) is 120 cm³/mol. The van der Waals surface area contributed by atoms with E-state index in [0.717, 1.165) is 42.9 Å². The summed E-state index contributed by atoms with van der Waals surface area (Å²) in [6.07, 6.45) is 3.92. The monoisotopic (exact) mass is 434 g/mol. The number of hydrogen-bond acceptors (Lipinski definition) is 4. The average molecular weight is 434 g/mol. The SMILES string of the molecule is CC1=C(c2cnc(NC(=O)c3c(F)cccc3F)cn2)CN(Cc2ccccc2)C(C)C1. The summed E-state index contributed by atoms with van der Waals surface area (Å²) >= 11 is 0. The molecule has 0 fully saturated rings. The van der Waals surface area contributed by atoms with E-state index in [2.05, 4.69) is 46.2 Å². The highest BCUT2D eigenvalue weighted by atomic mass is 19.1. The van der Waals surface area contributed by atoms with Gasteiger partial charge in [-0.2, -0.15) is 0 Å². The Balaban J connectivity index is 1.49. The molecule has 5 nitrogen and oxygen atoms in total. The van der Waals surface area contributed by atoms with Gasteiger partial charge in [0.1, 0.15) is 17.2 Å². The van der Waals surface area contributed by atoms with Crippen molar-refractivity contribution in [3.8, 4) is 0 Å². The van der Waals surface area contributed by atoms with E-state index in [1.165, 1.54) is 23.4 Å². The van der Waals surface area contributed by atoms with Crippen molar-refractivity contribution in [2.45, 2.75) is 32.9 Å². The number of aromatic nitrogens is 2. The number of carbonyl (C=O) groups excluding carboxylic acids is 1. The molecule has 2 aromatic carbocycles. The molecule has 1 aromatic heterocycles. The van der Waals surface area contributed by atoms with Crippen LogP contribution in [-0.4, -0.2) is 33.4 Å². The van der Waals surface area contributed by atoms with Crippen LogP contribution in [0.4, 0.5) is 14.6 Å². The number of benzene rings is 2. The van der Waals surface area contributed by atoms with E-state index < -0.39 is 23.1 Å². The van der Waals surface area contributed by atoms with Crippen LogP contribution in [0.1, 0.15) is 41.9 Å². The van der Waals surface area contributed by atoms with Gasteiger partial charge in [-0.15, -0.1) is 0 Å². The molecule has 1 amide bonds. The molecule has 32 heavy (non-hydrogen) atoms. The van der Waals surface area contributed by atoms with Gasteiger partial charge in [-0.25, -0.2) is 13.8 Å². The number of carbonyl (C=O) groups is 1. The Hall–Kier alpha value is -3.45. The van der Waals surface area contributed by atoms with E-state index in [1.807, 2.05) is 18.2 Å². The van der Waals surface area contributed by atoms with Crippen LogP contribution in [0.3, 0.4) is 0 Å². The van der Waals surface area contributed by atoms with Crippen LogP contribution in [0.5, 0.6) is 0 Å². The second-order valence-electron chi connectivity index (χ2n) is 8.04. The fraction of sp³-hybridized carbons (Fsp3) is 0.240. The fourth-order valence-corrected chi connectivity index (χ4v) is 3.96. The normalized spacial score (nSPS) is 16.8. The summed E-state index contributed by atoms with van der Waals surface area (Å²) in [6.45, 7) is 5.90. The van der Waals surface area contributed by atoms with Crippen LogP contribution in [0.15, 0.2) is 66.5 Å². The maximum Gasteiger partial charge on any atom is 0.262 e. The van der Waals surface area contributed by atoms with Crippen LogP contribution < -0.4 is 5.32 Å². The Bertz CT molecular complexity index is 1130. The maximum atomic E-state index is 13.8. The number of anilines is 1. The van der Waals surface area contributed by atoms with Crippen LogP contribution in [0.25, 0.3) is 5.57 Å². The second kappa shape index (κ2) is 9.36. The van der Waals surface area contributed by atoms with Crippen molar-refractivity contribution in [3.63, 3.8) is 0 Å². The number of nitrogens with one attached hydrogen (secondary N) is 1. The van der Waals surface area contributed by atoms with Gasteiger partial charge in [0.15, 0.2) is 5.82 Å². The first-order valence-electron chi connectivity index (χ1n) is 10.5. The van der Waals surface area contributed by atoms with Gasteiger partial charge in [0.05, 0.1) is 18.1 Å². The standard InChI is InChI=1S/C25H24F2N4O/c1-16-11-17(2)31(14-18-7-4-3-5-8-18)15-19(16)22-12-29-23(13-28-22)30-25(32)24-20(26)9-6-10-21(24)27/h3-10,12-13,17H,11,14-15H2,1-2H3,(H,29,30,32). The highest BCUT2D eigenvalue weighted by Crippen LogP contribution is 2.30. The Morgan fingerprint density at radius 2 is 1.78 bits per heavy atom. The van der Waals surface area contributed by atoms with Gasteiger partial charge in [0.2, 0.25) is 0 Å². The number of halogens is 2. The van der Waals surface area contributed by atoms with Crippen molar-refractivity contribution in [3.05, 3.63) is 95.0 Å². The van der Waals surface area contributed by atoms with Gasteiger partial charge >= 0.3 is 0 Å². The lowest BCUT2D eigenvalue weighted by molar-refractivity contribution is 0.101. The van der Waals surface area contributed by atoms with Gasteiger partial charge < -0.3 is 5.32 Å². The molecule has 0 spiro atoms. The molecule has 0 saturated carbocycles. The minimum absolute atomic E-state index is 0.130. The Morgan fingerprint density at radius 1 is 1.06 bits per heavy atom. The molecule has 4 rings (SSSR count). The molecular weight excluding hydrogens is 410 g/mol. The van der Waals surface area contributed by atoms with Crippen LogP contribution >= 0.6 is 0 Å². The van der Waals surface area contributed by atoms with E-state index in [9.17, 15) is 13.6 Å². The lowest BCUT2D eigenvalue weighted by Gasteiger charge is -2.35. The quantitative estimate of drug-likeness (QED) is 0.609. The number of amides is 1. The Kier molecular flexibility index (Phi) is 6.37. The predicted octanol–water partition coefficient (Wildman–Crippen LogP) is 5.08. The summed E-state index contributed by atoms with van der Waals surface area (Å²) < 4.78 is 27.7. The summed E-state index contributed by atoms with van der Waals surface area (Å²) in [5.41, 5.74) is 3.69. The van der Waals surface area contributed by atoms with Gasteiger partial charge in [-0.1, -0.05) is 42.0 Å². The fourth-order valence-electron chi connectivity index (χ4n) is 3.96. The van der Waals surface area contributed by atoms with Crippen molar-refractivity contribution >= 4 is 17.3 Å². The average Bonchev–Trinajstić information content (AvgIpc) is 2.77. The van der Waals surface area contributed by atoms with Crippen molar-refractivity contribution in [2.24, 2.45) is 0 Å². The van der Waals surface area contributed by atoms with Crippen molar-refractivity contribution in [2.75, 3.05) is 11.9 Å². The number of hydrogen-bond donors (Lipinski definition) is 1. The van der Waals surface area contributed by atoms with E-state index in [-0.39, 0.29) is 5.82 Å². The second-order valence-corrected chi connectivity index (χ2v) is 8.04. The lowest BCUT2D eigenvalue weighted by atomic mass is 9.94. The summed E-state index contributed by atoms with van der Waals surface area (Å²) in [4.78, 5) is 23.4. The molecule has 7 heteroatoms. The van der Waals surface area contributed by atoms with E-state index in [4.69, 9.17) is 0 Å². The summed E-state index contributed by atoms with van der Waals surface area (Å²) in [6, 6.07) is 14.0. The third-order valence-electron chi connectivity index (χ3n) is 5.72. The van der Waals surface area contributed by atoms with E-state index in [1.54, 1.807) is 6.20 Å². The molecule has 1 atom stereocenters. The molecule has 0 saturated heterocycles. The van der Waals surface area contributed by atoms with Crippen LogP contribution in [0, 0.1) is 11.6 Å². The van der Waals surface area contributed by atoms with Crippen molar-refractivity contribution in [1.29, 1.82) is 0 Å². The molecule has 1 aliphatic rings. The van der Waals surface area contributed by atoms with Gasteiger partial charge in [-0.3, -0.25) is 14.7 Å². The first-order chi connectivity index (χ1) is 15.4. The van der Waals surface area contributed by atoms with Gasteiger partial charge in [0.25, 0.3) is 5.91 Å². The molecule has 1 unspecified atom stereocenters. The molecule has 2 heterocycles. The molecule has 3 aromatic rings. The molecule has 164 valence electrons. The molecule has 0 aliphatic carbocycles. The third-order valence-corrected chi connectivity index (χ3v) is 5.72. The van der Waals surface area contributed by atoms with Gasteiger partial charge in [-0.05, 0) is 43.5 Å². The first kappa shape index (κ1) is 21.8. The minimum atomic E-state index is -0.928. The van der Waals surface area contributed by atoms with Crippen molar-refractivity contribution < 1.29 is 13.6 Å². The Morgan fingerprint density at radius 3 is 2.44 bits per heavy atom. The topological polar surface area (TPSA) is 58.1 Å². The van der Waals surface area contributed by atoms with Gasteiger partial charge in [0, 0.05) is 19.1 Å². The molecule has 1 aliphatic heterocycles. The first-order valence-corrected chi connectivity index (χ1v) is 10.5. The zero-order valence-corrected chi connectivity index (χ0v) is 18.0. The third kappa shape index (κ3) is 4.73. The summed E-state index contributed by atoms with van der Waals surface area (Å²) in [5.74, 6) is -2.63. The smallest absolute Gasteiger partial charge is 0.262 e. The maximum absolute atomic E-state index is 13.8. The zero-order chi connectivity index (χ0) is 22.7. The Labute approximate surface area is 185 Å². The molecule has 1 N–H and O–H groups in total. The van der Waals surface area contributed by atoms with E-state index in [0.29, 0.717) is 6.04 Å². The number of nitrogens with zero attached hydrogens (tertiary/aromatic N) is 3. The number of rotatable bonds is 5. The van der Waals surface area contributed by atoms with Crippen LogP contribution in [0.2, 0.25) is 0 Å². The molecular formula is C25H24F2N4O. The largest absolute Gasteiger partial charge is 0.305 e. The highest BCUT2D eigenvalue weighted by molar-refractivity contribution is 6.04. The molecule has 0 radical (unpaired) electrons. The lowest BCUT2D eigenvalue weighted by Crippen LogP contribution is -2.37. The van der Waals surface area contributed by atoms with Crippen molar-refractivity contribution in [1.82, 2.24) is 14.9 Å². The minimum Gasteiger partial charge on any atom is -0.305 e. The van der Waals surface area contributed by atoms with Crippen LogP contribution in [-0.2, 0) is 6.54 Å². The van der Waals surface area contributed by atoms with E-state index >= 15 is 0 Å². The highest BCUT2D eigenvalue weighted by Gasteiger charge is 2.25. The zero-order valence-electron chi connectivity index (χ0n) is 18.0. The molecule has 0 bridgehead atoms. The summed E-state index contributed by atoms with van der Waals surface area (Å²) in [7, 11) is 0. The summed E-state index contributed by atoms with van der Waals surface area (Å²) in [5, 5.41) is 2.41.